The molecule has 2 rings (SSSR count). The number of carboxylic acids is 1. The first-order valence-corrected chi connectivity index (χ1v) is 5.90. The molecule has 5 heteroatoms. The van der Waals surface area contributed by atoms with Crippen molar-refractivity contribution < 1.29 is 9.90 Å². The molecule has 0 aliphatic rings. The average Bonchev–Trinajstić information content (AvgIpc) is 2.34. The lowest BCUT2D eigenvalue weighted by molar-refractivity contribution is 0.0695. The van der Waals surface area contributed by atoms with Crippen molar-refractivity contribution in [2.24, 2.45) is 7.05 Å². The number of pyridine rings is 1. The third-order valence-corrected chi connectivity index (χ3v) is 3.42. The van der Waals surface area contributed by atoms with Crippen LogP contribution in [0.4, 0.5) is 0 Å². The molecule has 0 bridgehead atoms. The van der Waals surface area contributed by atoms with Gasteiger partial charge in [-0.2, -0.15) is 0 Å². The molecule has 1 aromatic heterocycles. The molecule has 0 atom stereocenters. The van der Waals surface area contributed by atoms with Crippen molar-refractivity contribution in [1.82, 2.24) is 4.57 Å². The Morgan fingerprint density at radius 1 is 1.44 bits per heavy atom. The maximum Gasteiger partial charge on any atom is 0.342 e. The van der Waals surface area contributed by atoms with Crippen LogP contribution in [0.1, 0.15) is 22.8 Å². The molecule has 1 N–H and O–H groups in total. The fourth-order valence-corrected chi connectivity index (χ4v) is 2.48. The molecule has 0 spiro atoms. The van der Waals surface area contributed by atoms with Crippen LogP contribution in [-0.4, -0.2) is 15.6 Å². The lowest BCUT2D eigenvalue weighted by Crippen LogP contribution is -2.25. The molecule has 0 amide bonds. The summed E-state index contributed by atoms with van der Waals surface area (Å²) in [7, 11) is 1.55. The lowest BCUT2D eigenvalue weighted by atomic mass is 10.0. The van der Waals surface area contributed by atoms with Gasteiger partial charge in [-0.15, -0.1) is 0 Å². The number of carbonyl (C=O) groups is 1. The number of aromatic nitrogens is 1. The summed E-state index contributed by atoms with van der Waals surface area (Å²) in [4.78, 5) is 23.1. The number of fused-ring (bicyclic) bond motifs is 1. The lowest BCUT2D eigenvalue weighted by Gasteiger charge is -2.12. The Bertz CT molecular complexity index is 703. The number of rotatable bonds is 2. The highest BCUT2D eigenvalue weighted by molar-refractivity contribution is 6.38. The second-order valence-electron chi connectivity index (χ2n) is 4.02. The molecule has 0 aliphatic heterocycles. The minimum atomic E-state index is -1.30. The van der Waals surface area contributed by atoms with Gasteiger partial charge in [0, 0.05) is 12.4 Å². The molecule has 1 heterocycles. The number of aromatic carboxylic acids is 1. The predicted molar refractivity (Wildman–Crippen MR) is 70.5 cm³/mol. The van der Waals surface area contributed by atoms with E-state index in [4.69, 9.17) is 16.7 Å². The second kappa shape index (κ2) is 4.46. The van der Waals surface area contributed by atoms with E-state index >= 15 is 0 Å². The van der Waals surface area contributed by atoms with E-state index in [0.717, 1.165) is 5.56 Å². The summed E-state index contributed by atoms with van der Waals surface area (Å²) in [6.07, 6.45) is 0.717. The zero-order valence-corrected chi connectivity index (χ0v) is 10.8. The molecule has 94 valence electrons. The van der Waals surface area contributed by atoms with E-state index in [0.29, 0.717) is 17.3 Å². The Hall–Kier alpha value is -1.81. The van der Waals surface area contributed by atoms with Crippen molar-refractivity contribution >= 4 is 28.5 Å². The molecular formula is C13H12ClNO3. The van der Waals surface area contributed by atoms with Gasteiger partial charge < -0.3 is 9.67 Å². The van der Waals surface area contributed by atoms with E-state index in [1.165, 1.54) is 4.57 Å². The largest absolute Gasteiger partial charge is 0.477 e. The zero-order chi connectivity index (χ0) is 13.4. The van der Waals surface area contributed by atoms with E-state index in [2.05, 4.69) is 0 Å². The summed E-state index contributed by atoms with van der Waals surface area (Å²) >= 11 is 6.10. The van der Waals surface area contributed by atoms with Crippen molar-refractivity contribution in [2.75, 3.05) is 0 Å². The highest BCUT2D eigenvalue weighted by Crippen LogP contribution is 2.28. The van der Waals surface area contributed by atoms with Gasteiger partial charge in [0.1, 0.15) is 5.56 Å². The van der Waals surface area contributed by atoms with Crippen LogP contribution in [0.2, 0.25) is 5.02 Å². The van der Waals surface area contributed by atoms with Gasteiger partial charge in [-0.1, -0.05) is 30.7 Å². The Morgan fingerprint density at radius 3 is 2.67 bits per heavy atom. The quantitative estimate of drug-likeness (QED) is 0.907. The monoisotopic (exact) mass is 265 g/mol. The summed E-state index contributed by atoms with van der Waals surface area (Å²) in [5.41, 5.74) is 0.616. The number of nitrogens with zero attached hydrogens (tertiary/aromatic N) is 1. The number of hydrogen-bond acceptors (Lipinski definition) is 2. The van der Waals surface area contributed by atoms with Gasteiger partial charge in [0.15, 0.2) is 0 Å². The summed E-state index contributed by atoms with van der Waals surface area (Å²) in [6.45, 7) is 1.96. The molecule has 2 aromatic rings. The number of halogens is 1. The van der Waals surface area contributed by atoms with E-state index in [1.54, 1.807) is 13.1 Å². The van der Waals surface area contributed by atoms with Gasteiger partial charge in [0.25, 0.3) is 5.56 Å². The first-order chi connectivity index (χ1) is 8.49. The maximum atomic E-state index is 11.9. The topological polar surface area (TPSA) is 59.3 Å². The Labute approximate surface area is 108 Å². The van der Waals surface area contributed by atoms with E-state index < -0.39 is 11.5 Å². The van der Waals surface area contributed by atoms with E-state index in [-0.39, 0.29) is 10.6 Å². The molecular weight excluding hydrogens is 254 g/mol. The highest BCUT2D eigenvalue weighted by atomic mass is 35.5. The molecule has 0 saturated carbocycles. The van der Waals surface area contributed by atoms with Crippen molar-refractivity contribution in [3.8, 4) is 0 Å². The van der Waals surface area contributed by atoms with Crippen molar-refractivity contribution in [3.63, 3.8) is 0 Å². The van der Waals surface area contributed by atoms with Gasteiger partial charge in [-0.3, -0.25) is 4.79 Å². The minimum Gasteiger partial charge on any atom is -0.477 e. The highest BCUT2D eigenvalue weighted by Gasteiger charge is 2.20. The van der Waals surface area contributed by atoms with Gasteiger partial charge in [0.2, 0.25) is 0 Å². The summed E-state index contributed by atoms with van der Waals surface area (Å²) < 4.78 is 1.32. The van der Waals surface area contributed by atoms with Crippen LogP contribution in [0.25, 0.3) is 10.9 Å². The summed E-state index contributed by atoms with van der Waals surface area (Å²) in [5, 5.41) is 9.76. The third-order valence-electron chi connectivity index (χ3n) is 3.04. The second-order valence-corrected chi connectivity index (χ2v) is 4.40. The number of carboxylic acid groups (broad SMARTS) is 1. The van der Waals surface area contributed by atoms with Gasteiger partial charge in [0.05, 0.1) is 10.5 Å². The Balaban J connectivity index is 3.09. The Kier molecular flexibility index (Phi) is 3.13. The maximum absolute atomic E-state index is 11.9. The predicted octanol–water partition coefficient (Wildman–Crippen LogP) is 2.45. The fourth-order valence-electron chi connectivity index (χ4n) is 2.10. The van der Waals surface area contributed by atoms with Crippen molar-refractivity contribution in [2.45, 2.75) is 13.3 Å². The number of hydrogen-bond donors (Lipinski definition) is 1. The molecule has 18 heavy (non-hydrogen) atoms. The summed E-state index contributed by atoms with van der Waals surface area (Å²) in [6, 6.07) is 5.47. The van der Waals surface area contributed by atoms with E-state index in [9.17, 15) is 9.59 Å². The number of benzene rings is 1. The van der Waals surface area contributed by atoms with Crippen LogP contribution >= 0.6 is 11.6 Å². The van der Waals surface area contributed by atoms with Crippen LogP contribution in [-0.2, 0) is 13.5 Å². The molecule has 0 aliphatic carbocycles. The molecule has 4 nitrogen and oxygen atoms in total. The van der Waals surface area contributed by atoms with Crippen LogP contribution < -0.4 is 5.56 Å². The molecule has 0 saturated heterocycles. The molecule has 1 aromatic carbocycles. The third kappa shape index (κ3) is 1.69. The van der Waals surface area contributed by atoms with Gasteiger partial charge in [-0.05, 0) is 18.1 Å². The normalized spacial score (nSPS) is 10.8. The minimum absolute atomic E-state index is 0.0260. The van der Waals surface area contributed by atoms with Crippen LogP contribution in [0.3, 0.4) is 0 Å². The first kappa shape index (κ1) is 12.6. The molecule has 0 unspecified atom stereocenters. The zero-order valence-electron chi connectivity index (χ0n) is 10.0. The standard InChI is InChI=1S/C13H12ClNO3/c1-3-7-5-4-6-8-9(7)11(14)10(13(17)18)12(16)15(8)2/h4-6H,3H2,1-2H3,(H,17,18). The van der Waals surface area contributed by atoms with Crippen molar-refractivity contribution in [1.29, 1.82) is 0 Å². The average molecular weight is 266 g/mol. The fraction of sp³-hybridized carbons (Fsp3) is 0.231. The van der Waals surface area contributed by atoms with Gasteiger partial charge in [-0.25, -0.2) is 4.79 Å². The summed E-state index contributed by atoms with van der Waals surface area (Å²) in [5.74, 6) is -1.30. The van der Waals surface area contributed by atoms with Crippen LogP contribution in [0.5, 0.6) is 0 Å². The molecule has 0 fully saturated rings. The molecule has 0 radical (unpaired) electrons. The number of aryl methyl sites for hydroxylation is 2. The van der Waals surface area contributed by atoms with Crippen LogP contribution in [0.15, 0.2) is 23.0 Å². The van der Waals surface area contributed by atoms with Gasteiger partial charge >= 0.3 is 5.97 Å². The Morgan fingerprint density at radius 2 is 2.11 bits per heavy atom. The smallest absolute Gasteiger partial charge is 0.342 e. The SMILES string of the molecule is CCc1cccc2c1c(Cl)c(C(=O)O)c(=O)n2C. The van der Waals surface area contributed by atoms with Crippen molar-refractivity contribution in [3.05, 3.63) is 44.7 Å². The van der Waals surface area contributed by atoms with Crippen LogP contribution in [0, 0.1) is 0 Å². The first-order valence-electron chi connectivity index (χ1n) is 5.52. The van der Waals surface area contributed by atoms with E-state index in [1.807, 2.05) is 19.1 Å².